The van der Waals surface area contributed by atoms with Crippen LogP contribution in [0.1, 0.15) is 13.3 Å². The maximum atomic E-state index is 8.36. The van der Waals surface area contributed by atoms with Crippen LogP contribution < -0.4 is 0 Å². The van der Waals surface area contributed by atoms with E-state index in [9.17, 15) is 0 Å². The van der Waals surface area contributed by atoms with E-state index in [4.69, 9.17) is 9.84 Å². The first-order valence-corrected chi connectivity index (χ1v) is 3.22. The number of rotatable bonds is 5. The lowest BCUT2D eigenvalue weighted by molar-refractivity contribution is 0.143. The van der Waals surface area contributed by atoms with Gasteiger partial charge in [0.2, 0.25) is 0 Å². The molecule has 0 atom stereocenters. The molecular formula is C8H14O2. The van der Waals surface area contributed by atoms with Crippen LogP contribution in [0.3, 0.4) is 0 Å². The molecule has 2 nitrogen and oxygen atoms in total. The van der Waals surface area contributed by atoms with Crippen molar-refractivity contribution in [2.45, 2.75) is 13.3 Å². The minimum atomic E-state index is 0.0369. The monoisotopic (exact) mass is 142 g/mol. The largest absolute Gasteiger partial charge is 0.496 e. The second-order valence-corrected chi connectivity index (χ2v) is 2.24. The van der Waals surface area contributed by atoms with Crippen molar-refractivity contribution < 1.29 is 9.84 Å². The van der Waals surface area contributed by atoms with Crippen LogP contribution in [0.4, 0.5) is 0 Å². The molecule has 0 heterocycles. The number of aliphatic hydroxyl groups is 1. The van der Waals surface area contributed by atoms with E-state index in [1.807, 2.05) is 6.92 Å². The maximum Gasteiger partial charge on any atom is 0.111 e. The van der Waals surface area contributed by atoms with Crippen molar-refractivity contribution in [1.82, 2.24) is 0 Å². The molecule has 0 rings (SSSR count). The zero-order valence-corrected chi connectivity index (χ0v) is 6.39. The van der Waals surface area contributed by atoms with E-state index >= 15 is 0 Å². The summed E-state index contributed by atoms with van der Waals surface area (Å²) in [5.41, 5.74) is 1.02. The summed E-state index contributed by atoms with van der Waals surface area (Å²) in [6, 6.07) is 0. The van der Waals surface area contributed by atoms with Gasteiger partial charge >= 0.3 is 0 Å². The van der Waals surface area contributed by atoms with Crippen molar-refractivity contribution >= 4 is 0 Å². The van der Waals surface area contributed by atoms with Crippen molar-refractivity contribution in [3.63, 3.8) is 0 Å². The highest BCUT2D eigenvalue weighted by Crippen LogP contribution is 2.06. The topological polar surface area (TPSA) is 29.5 Å². The van der Waals surface area contributed by atoms with Gasteiger partial charge in [-0.1, -0.05) is 18.7 Å². The highest BCUT2D eigenvalue weighted by Gasteiger charge is 1.93. The first kappa shape index (κ1) is 9.24. The van der Waals surface area contributed by atoms with E-state index in [1.165, 1.54) is 0 Å². The third-order valence-corrected chi connectivity index (χ3v) is 0.896. The number of allylic oxidation sites excluding steroid dienone is 1. The molecule has 10 heavy (non-hydrogen) atoms. The first-order valence-electron chi connectivity index (χ1n) is 3.22. The van der Waals surface area contributed by atoms with Gasteiger partial charge < -0.3 is 9.84 Å². The molecule has 0 aromatic rings. The molecule has 0 bridgehead atoms. The van der Waals surface area contributed by atoms with E-state index in [1.54, 1.807) is 0 Å². The lowest BCUT2D eigenvalue weighted by Gasteiger charge is -2.06. The second kappa shape index (κ2) is 5.06. The predicted molar refractivity (Wildman–Crippen MR) is 41.6 cm³/mol. The molecule has 0 aliphatic carbocycles. The highest BCUT2D eigenvalue weighted by atomic mass is 16.5. The lowest BCUT2D eigenvalue weighted by Crippen LogP contribution is -1.98. The molecule has 0 aromatic heterocycles. The van der Waals surface area contributed by atoms with Crippen LogP contribution in [0.2, 0.25) is 0 Å². The molecular weight excluding hydrogens is 128 g/mol. The molecule has 1 N–H and O–H groups in total. The summed E-state index contributed by atoms with van der Waals surface area (Å²) < 4.78 is 5.00. The second-order valence-electron chi connectivity index (χ2n) is 2.24. The van der Waals surface area contributed by atoms with Crippen molar-refractivity contribution in [2.75, 3.05) is 13.2 Å². The Hall–Kier alpha value is -0.760. The third-order valence-electron chi connectivity index (χ3n) is 0.896. The van der Waals surface area contributed by atoms with Crippen molar-refractivity contribution in [3.05, 3.63) is 24.5 Å². The Morgan fingerprint density at radius 3 is 2.50 bits per heavy atom. The van der Waals surface area contributed by atoms with E-state index in [2.05, 4.69) is 13.2 Å². The van der Waals surface area contributed by atoms with Gasteiger partial charge in [0.05, 0.1) is 12.4 Å². The van der Waals surface area contributed by atoms with Gasteiger partial charge in [-0.15, -0.1) is 0 Å². The average molecular weight is 142 g/mol. The number of hydrogen-bond acceptors (Lipinski definition) is 2. The van der Waals surface area contributed by atoms with E-state index in [0.29, 0.717) is 18.8 Å². The van der Waals surface area contributed by atoms with Gasteiger partial charge in [-0.25, -0.2) is 0 Å². The standard InChI is InChI=1S/C8H14O2/c1-7(2)6-8(3)10-5-4-9/h9H,1,3-6H2,2H3. The van der Waals surface area contributed by atoms with Gasteiger partial charge in [0.1, 0.15) is 6.61 Å². The summed E-state index contributed by atoms with van der Waals surface area (Å²) in [5.74, 6) is 0.668. The smallest absolute Gasteiger partial charge is 0.111 e. The van der Waals surface area contributed by atoms with Crippen LogP contribution in [-0.4, -0.2) is 18.3 Å². The molecule has 0 aliphatic rings. The average Bonchev–Trinajstić information content (AvgIpc) is 1.82. The van der Waals surface area contributed by atoms with Crippen LogP contribution >= 0.6 is 0 Å². The highest BCUT2D eigenvalue weighted by molar-refractivity contribution is 5.01. The van der Waals surface area contributed by atoms with E-state index < -0.39 is 0 Å². The molecule has 2 heteroatoms. The van der Waals surface area contributed by atoms with Gasteiger partial charge in [0.25, 0.3) is 0 Å². The van der Waals surface area contributed by atoms with E-state index in [-0.39, 0.29) is 6.61 Å². The molecule has 0 unspecified atom stereocenters. The normalized spacial score (nSPS) is 9.00. The van der Waals surface area contributed by atoms with Crippen LogP contribution in [-0.2, 0) is 4.74 Å². The Kier molecular flexibility index (Phi) is 4.67. The molecule has 0 saturated heterocycles. The molecule has 0 spiro atoms. The van der Waals surface area contributed by atoms with Crippen LogP contribution in [0, 0.1) is 0 Å². The molecule has 0 aliphatic heterocycles. The van der Waals surface area contributed by atoms with Crippen molar-refractivity contribution in [1.29, 1.82) is 0 Å². The summed E-state index contributed by atoms with van der Waals surface area (Å²) in [5, 5.41) is 8.36. The number of aliphatic hydroxyl groups excluding tert-OH is 1. The van der Waals surface area contributed by atoms with Crippen molar-refractivity contribution in [2.24, 2.45) is 0 Å². The molecule has 0 radical (unpaired) electrons. The maximum absolute atomic E-state index is 8.36. The fourth-order valence-corrected chi connectivity index (χ4v) is 0.578. The van der Waals surface area contributed by atoms with Crippen molar-refractivity contribution in [3.8, 4) is 0 Å². The predicted octanol–water partition coefficient (Wildman–Crippen LogP) is 1.48. The third kappa shape index (κ3) is 5.38. The zero-order chi connectivity index (χ0) is 7.98. The summed E-state index contributed by atoms with van der Waals surface area (Å²) in [7, 11) is 0. The number of ether oxygens (including phenoxy) is 1. The Morgan fingerprint density at radius 1 is 1.50 bits per heavy atom. The Labute approximate surface area is 61.8 Å². The minimum Gasteiger partial charge on any atom is -0.496 e. The van der Waals surface area contributed by atoms with Crippen LogP contribution in [0.5, 0.6) is 0 Å². The van der Waals surface area contributed by atoms with Crippen LogP contribution in [0.25, 0.3) is 0 Å². The quantitative estimate of drug-likeness (QED) is 0.465. The zero-order valence-electron chi connectivity index (χ0n) is 6.39. The van der Waals surface area contributed by atoms with E-state index in [0.717, 1.165) is 5.57 Å². The summed E-state index contributed by atoms with van der Waals surface area (Å²) in [6.45, 7) is 9.61. The summed E-state index contributed by atoms with van der Waals surface area (Å²) in [6.07, 6.45) is 0.681. The summed E-state index contributed by atoms with van der Waals surface area (Å²) >= 11 is 0. The first-order chi connectivity index (χ1) is 4.66. The lowest BCUT2D eigenvalue weighted by atomic mass is 10.2. The van der Waals surface area contributed by atoms with Crippen LogP contribution in [0.15, 0.2) is 24.5 Å². The minimum absolute atomic E-state index is 0.0369. The van der Waals surface area contributed by atoms with Gasteiger partial charge in [-0.2, -0.15) is 0 Å². The van der Waals surface area contributed by atoms with Gasteiger partial charge in [0.15, 0.2) is 0 Å². The summed E-state index contributed by atoms with van der Waals surface area (Å²) in [4.78, 5) is 0. The molecule has 0 aromatic carbocycles. The molecule has 58 valence electrons. The fourth-order valence-electron chi connectivity index (χ4n) is 0.578. The molecule has 0 amide bonds. The van der Waals surface area contributed by atoms with Gasteiger partial charge in [-0.05, 0) is 6.92 Å². The molecule has 0 saturated carbocycles. The fraction of sp³-hybridized carbons (Fsp3) is 0.500. The van der Waals surface area contributed by atoms with Gasteiger partial charge in [0, 0.05) is 6.42 Å². The van der Waals surface area contributed by atoms with Gasteiger partial charge in [-0.3, -0.25) is 0 Å². The Bertz CT molecular complexity index is 127. The number of hydrogen-bond donors (Lipinski definition) is 1. The molecule has 0 fully saturated rings. The Balaban J connectivity index is 3.35. The Morgan fingerprint density at radius 2 is 2.10 bits per heavy atom. The SMILES string of the molecule is C=C(C)CC(=C)OCCO.